The molecule has 14 heavy (non-hydrogen) atoms. The lowest BCUT2D eigenvalue weighted by Gasteiger charge is -2.35. The number of hydrogen-bond donors (Lipinski definition) is 1. The van der Waals surface area contributed by atoms with E-state index in [1.54, 1.807) is 6.92 Å². The van der Waals surface area contributed by atoms with Gasteiger partial charge < -0.3 is 10.0 Å². The van der Waals surface area contributed by atoms with Gasteiger partial charge in [0, 0.05) is 7.05 Å². The molecule has 0 heterocycles. The largest absolute Gasteiger partial charge is 0.479 e. The number of carbonyl (C=O) groups excluding carboxylic acids is 1. The molecule has 0 aromatic rings. The molecule has 1 amide bonds. The average Bonchev–Trinajstić information content (AvgIpc) is 2.18. The van der Waals surface area contributed by atoms with Crippen molar-refractivity contribution in [2.24, 2.45) is 0 Å². The molecule has 1 atom stereocenters. The molecule has 4 heteroatoms. The van der Waals surface area contributed by atoms with Crippen molar-refractivity contribution in [1.82, 2.24) is 4.90 Å². The van der Waals surface area contributed by atoms with Gasteiger partial charge in [0.05, 0.1) is 0 Å². The van der Waals surface area contributed by atoms with Crippen LogP contribution in [0.3, 0.4) is 0 Å². The maximum Gasteiger partial charge on any atom is 0.329 e. The fraction of sp³-hybridized carbons (Fsp3) is 0.800. The first-order chi connectivity index (χ1) is 6.55. The minimum absolute atomic E-state index is 0.442. The van der Waals surface area contributed by atoms with Gasteiger partial charge in [0.1, 0.15) is 5.54 Å². The third kappa shape index (κ3) is 2.47. The summed E-state index contributed by atoms with van der Waals surface area (Å²) in [6.45, 7) is 3.80. The van der Waals surface area contributed by atoms with E-state index in [9.17, 15) is 9.59 Å². The molecule has 0 aliphatic heterocycles. The van der Waals surface area contributed by atoms with Crippen molar-refractivity contribution in [2.75, 3.05) is 7.05 Å². The number of carboxylic acid groups (broad SMARTS) is 1. The van der Waals surface area contributed by atoms with Crippen LogP contribution in [0, 0.1) is 0 Å². The maximum atomic E-state index is 11.2. The van der Waals surface area contributed by atoms with Crippen LogP contribution in [0.5, 0.6) is 0 Å². The Hall–Kier alpha value is -1.06. The molecule has 0 aliphatic carbocycles. The van der Waals surface area contributed by atoms with Gasteiger partial charge in [-0.2, -0.15) is 0 Å². The molecule has 0 radical (unpaired) electrons. The van der Waals surface area contributed by atoms with Gasteiger partial charge in [-0.15, -0.1) is 0 Å². The highest BCUT2D eigenvalue weighted by Gasteiger charge is 2.39. The SMILES string of the molecule is CCCCC(CC)(C(=O)O)N(C)C=O. The zero-order valence-corrected chi connectivity index (χ0v) is 9.12. The van der Waals surface area contributed by atoms with Gasteiger partial charge in [-0.05, 0) is 12.8 Å². The molecule has 0 aromatic heterocycles. The molecule has 0 aromatic carbocycles. The van der Waals surface area contributed by atoms with Crippen LogP contribution in [0.4, 0.5) is 0 Å². The van der Waals surface area contributed by atoms with Gasteiger partial charge in [-0.3, -0.25) is 4.79 Å². The van der Waals surface area contributed by atoms with E-state index in [1.165, 1.54) is 11.9 Å². The van der Waals surface area contributed by atoms with Crippen LogP contribution >= 0.6 is 0 Å². The van der Waals surface area contributed by atoms with Crippen LogP contribution in [0.25, 0.3) is 0 Å². The number of aliphatic carboxylic acids is 1. The van der Waals surface area contributed by atoms with E-state index < -0.39 is 11.5 Å². The van der Waals surface area contributed by atoms with Gasteiger partial charge in [0.15, 0.2) is 0 Å². The Balaban J connectivity index is 4.77. The predicted molar refractivity (Wildman–Crippen MR) is 54.0 cm³/mol. The summed E-state index contributed by atoms with van der Waals surface area (Å²) in [4.78, 5) is 23.1. The molecule has 0 rings (SSSR count). The van der Waals surface area contributed by atoms with Crippen LogP contribution < -0.4 is 0 Å². The number of unbranched alkanes of at least 4 members (excludes halogenated alkanes) is 1. The van der Waals surface area contributed by atoms with Crippen molar-refractivity contribution < 1.29 is 14.7 Å². The smallest absolute Gasteiger partial charge is 0.329 e. The number of hydrogen-bond acceptors (Lipinski definition) is 2. The fourth-order valence-electron chi connectivity index (χ4n) is 1.58. The second-order valence-corrected chi connectivity index (χ2v) is 3.51. The lowest BCUT2D eigenvalue weighted by atomic mass is 9.88. The molecule has 1 N–H and O–H groups in total. The Labute approximate surface area is 84.9 Å². The van der Waals surface area contributed by atoms with Gasteiger partial charge in [0.25, 0.3) is 0 Å². The molecule has 0 fully saturated rings. The van der Waals surface area contributed by atoms with Crippen molar-refractivity contribution in [3.05, 3.63) is 0 Å². The van der Waals surface area contributed by atoms with E-state index in [0.717, 1.165) is 12.8 Å². The fourth-order valence-corrected chi connectivity index (χ4v) is 1.58. The molecule has 82 valence electrons. The third-order valence-corrected chi connectivity index (χ3v) is 2.76. The Morgan fingerprint density at radius 2 is 2.07 bits per heavy atom. The predicted octanol–water partition coefficient (Wildman–Crippen LogP) is 1.50. The minimum Gasteiger partial charge on any atom is -0.479 e. The van der Waals surface area contributed by atoms with Gasteiger partial charge in [0.2, 0.25) is 6.41 Å². The van der Waals surface area contributed by atoms with Crippen molar-refractivity contribution in [1.29, 1.82) is 0 Å². The molecule has 0 saturated heterocycles. The first-order valence-electron chi connectivity index (χ1n) is 4.96. The number of carboxylic acids is 1. The molecule has 0 aliphatic rings. The molecule has 1 unspecified atom stereocenters. The Bertz CT molecular complexity index is 206. The van der Waals surface area contributed by atoms with E-state index >= 15 is 0 Å². The zero-order chi connectivity index (χ0) is 11.2. The minimum atomic E-state index is -1.02. The van der Waals surface area contributed by atoms with Crippen molar-refractivity contribution in [3.63, 3.8) is 0 Å². The van der Waals surface area contributed by atoms with E-state index in [-0.39, 0.29) is 0 Å². The molecule has 4 nitrogen and oxygen atoms in total. The highest BCUT2D eigenvalue weighted by molar-refractivity contribution is 5.81. The Kier molecular flexibility index (Phi) is 5.20. The number of amides is 1. The topological polar surface area (TPSA) is 57.6 Å². The molecule has 0 spiro atoms. The van der Waals surface area contributed by atoms with Crippen LogP contribution in [-0.2, 0) is 9.59 Å². The summed E-state index contributed by atoms with van der Waals surface area (Å²) >= 11 is 0. The zero-order valence-electron chi connectivity index (χ0n) is 9.12. The standard InChI is InChI=1S/C10H19NO3/c1-4-6-7-10(5-2,9(13)14)11(3)8-12/h8H,4-7H2,1-3H3,(H,13,14). The Morgan fingerprint density at radius 3 is 2.36 bits per heavy atom. The second-order valence-electron chi connectivity index (χ2n) is 3.51. The average molecular weight is 201 g/mol. The van der Waals surface area contributed by atoms with Gasteiger partial charge in [-0.25, -0.2) is 4.79 Å². The second kappa shape index (κ2) is 5.62. The lowest BCUT2D eigenvalue weighted by Crippen LogP contribution is -2.51. The summed E-state index contributed by atoms with van der Waals surface area (Å²) in [5.74, 6) is -0.914. The molecular formula is C10H19NO3. The maximum absolute atomic E-state index is 11.2. The van der Waals surface area contributed by atoms with E-state index in [4.69, 9.17) is 5.11 Å². The van der Waals surface area contributed by atoms with Crippen molar-refractivity contribution in [3.8, 4) is 0 Å². The lowest BCUT2D eigenvalue weighted by molar-refractivity contribution is -0.154. The summed E-state index contributed by atoms with van der Waals surface area (Å²) < 4.78 is 0. The molecule has 0 bridgehead atoms. The number of nitrogens with zero attached hydrogens (tertiary/aromatic N) is 1. The highest BCUT2D eigenvalue weighted by atomic mass is 16.4. The van der Waals surface area contributed by atoms with Crippen LogP contribution in [0.15, 0.2) is 0 Å². The van der Waals surface area contributed by atoms with Crippen LogP contribution in [0.2, 0.25) is 0 Å². The molecule has 0 saturated carbocycles. The summed E-state index contributed by atoms with van der Waals surface area (Å²) in [5, 5.41) is 9.15. The summed E-state index contributed by atoms with van der Waals surface area (Å²) in [6, 6.07) is 0. The Morgan fingerprint density at radius 1 is 1.50 bits per heavy atom. The number of likely N-dealkylation sites (N-methyl/N-ethyl adjacent to an activating group) is 1. The normalized spacial score (nSPS) is 14.5. The van der Waals surface area contributed by atoms with Crippen molar-refractivity contribution >= 4 is 12.4 Å². The van der Waals surface area contributed by atoms with Gasteiger partial charge in [-0.1, -0.05) is 26.7 Å². The van der Waals surface area contributed by atoms with E-state index in [2.05, 4.69) is 0 Å². The number of rotatable bonds is 7. The third-order valence-electron chi connectivity index (χ3n) is 2.76. The van der Waals surface area contributed by atoms with E-state index in [1.807, 2.05) is 6.92 Å². The first kappa shape index (κ1) is 12.9. The summed E-state index contributed by atoms with van der Waals surface area (Å²) in [5.41, 5.74) is -1.02. The monoisotopic (exact) mass is 201 g/mol. The molecular weight excluding hydrogens is 182 g/mol. The van der Waals surface area contributed by atoms with Gasteiger partial charge >= 0.3 is 5.97 Å². The van der Waals surface area contributed by atoms with E-state index in [0.29, 0.717) is 19.3 Å². The summed E-state index contributed by atoms with van der Waals surface area (Å²) in [6.07, 6.45) is 3.30. The highest BCUT2D eigenvalue weighted by Crippen LogP contribution is 2.24. The summed E-state index contributed by atoms with van der Waals surface area (Å²) in [7, 11) is 1.53. The van der Waals surface area contributed by atoms with Crippen LogP contribution in [-0.4, -0.2) is 35.0 Å². The van der Waals surface area contributed by atoms with Crippen LogP contribution in [0.1, 0.15) is 39.5 Å². The first-order valence-corrected chi connectivity index (χ1v) is 4.96. The number of carbonyl (C=O) groups is 2. The van der Waals surface area contributed by atoms with Crippen molar-refractivity contribution in [2.45, 2.75) is 45.1 Å². The quantitative estimate of drug-likeness (QED) is 0.635.